The highest BCUT2D eigenvalue weighted by molar-refractivity contribution is 5.79. The molecule has 6 nitrogen and oxygen atoms in total. The van der Waals surface area contributed by atoms with Gasteiger partial charge in [0, 0.05) is 53.2 Å². The molecule has 0 radical (unpaired) electrons. The third kappa shape index (κ3) is 9.53. The smallest absolute Gasteiger partial charge is 0.190 e. The lowest BCUT2D eigenvalue weighted by Crippen LogP contribution is -2.38. The van der Waals surface area contributed by atoms with E-state index in [-0.39, 0.29) is 6.10 Å². The second kappa shape index (κ2) is 14.4. The molecule has 1 aromatic carbocycles. The van der Waals surface area contributed by atoms with Gasteiger partial charge in [-0.05, 0) is 44.1 Å². The maximum atomic E-state index is 5.89. The normalized spacial score (nSPS) is 16.7. The second-order valence-electron chi connectivity index (χ2n) is 7.19. The van der Waals surface area contributed by atoms with Crippen LogP contribution in [-0.4, -0.2) is 59.1 Å². The molecule has 1 aliphatic rings. The van der Waals surface area contributed by atoms with Crippen molar-refractivity contribution in [1.82, 2.24) is 10.6 Å². The maximum Gasteiger partial charge on any atom is 0.190 e. The molecule has 0 spiro atoms. The van der Waals surface area contributed by atoms with Crippen LogP contribution in [0.3, 0.4) is 0 Å². The standard InChI is InChI=1S/C22H37N3O3/c1-19(21-8-4-3-5-9-21)28-15-7-13-25-22(23-2)24-12-6-14-27-18-20-10-16-26-17-11-20/h3-5,8-9,19-20H,6-7,10-18H2,1-2H3,(H2,23,24,25). The van der Waals surface area contributed by atoms with Crippen LogP contribution in [0.5, 0.6) is 0 Å². The van der Waals surface area contributed by atoms with Crippen LogP contribution in [0.4, 0.5) is 0 Å². The summed E-state index contributed by atoms with van der Waals surface area (Å²) in [6.45, 7) is 7.91. The number of hydrogen-bond donors (Lipinski definition) is 2. The summed E-state index contributed by atoms with van der Waals surface area (Å²) in [7, 11) is 1.80. The van der Waals surface area contributed by atoms with E-state index in [4.69, 9.17) is 14.2 Å². The Hall–Kier alpha value is -1.63. The van der Waals surface area contributed by atoms with E-state index in [1.165, 1.54) is 5.56 Å². The molecule has 1 unspecified atom stereocenters. The van der Waals surface area contributed by atoms with Gasteiger partial charge in [0.25, 0.3) is 0 Å². The topological polar surface area (TPSA) is 64.1 Å². The molecule has 0 bridgehead atoms. The number of guanidine groups is 1. The first kappa shape index (κ1) is 22.7. The van der Waals surface area contributed by atoms with Crippen molar-refractivity contribution in [1.29, 1.82) is 0 Å². The first-order valence-electron chi connectivity index (χ1n) is 10.6. The molecular weight excluding hydrogens is 354 g/mol. The minimum Gasteiger partial charge on any atom is -0.381 e. The molecule has 0 amide bonds. The van der Waals surface area contributed by atoms with Gasteiger partial charge in [0.1, 0.15) is 0 Å². The lowest BCUT2D eigenvalue weighted by atomic mass is 10.0. The third-order valence-electron chi connectivity index (χ3n) is 4.93. The summed E-state index contributed by atoms with van der Waals surface area (Å²) in [4.78, 5) is 4.26. The van der Waals surface area contributed by atoms with Gasteiger partial charge in [-0.2, -0.15) is 0 Å². The average Bonchev–Trinajstić information content (AvgIpc) is 2.75. The number of aliphatic imine (C=N–C) groups is 1. The molecule has 1 heterocycles. The molecule has 0 aliphatic carbocycles. The molecule has 0 aromatic heterocycles. The lowest BCUT2D eigenvalue weighted by Gasteiger charge is -2.21. The molecule has 2 rings (SSSR count). The SMILES string of the molecule is CN=C(NCCCOCC1CCOCC1)NCCCOC(C)c1ccccc1. The van der Waals surface area contributed by atoms with Crippen LogP contribution in [0.15, 0.2) is 35.3 Å². The van der Waals surface area contributed by atoms with Gasteiger partial charge in [-0.25, -0.2) is 0 Å². The highest BCUT2D eigenvalue weighted by atomic mass is 16.5. The van der Waals surface area contributed by atoms with E-state index in [1.54, 1.807) is 7.05 Å². The molecule has 0 saturated carbocycles. The van der Waals surface area contributed by atoms with Crippen molar-refractivity contribution in [2.45, 2.75) is 38.7 Å². The fraction of sp³-hybridized carbons (Fsp3) is 0.682. The fourth-order valence-corrected chi connectivity index (χ4v) is 3.12. The minimum absolute atomic E-state index is 0.125. The highest BCUT2D eigenvalue weighted by Crippen LogP contribution is 2.16. The van der Waals surface area contributed by atoms with Gasteiger partial charge < -0.3 is 24.8 Å². The summed E-state index contributed by atoms with van der Waals surface area (Å²) < 4.78 is 17.1. The van der Waals surface area contributed by atoms with E-state index in [9.17, 15) is 0 Å². The van der Waals surface area contributed by atoms with Crippen molar-refractivity contribution < 1.29 is 14.2 Å². The molecule has 1 saturated heterocycles. The maximum absolute atomic E-state index is 5.89. The Labute approximate surface area is 170 Å². The number of nitrogens with zero attached hydrogens (tertiary/aromatic N) is 1. The van der Waals surface area contributed by atoms with E-state index in [0.29, 0.717) is 5.92 Å². The molecule has 1 atom stereocenters. The fourth-order valence-electron chi connectivity index (χ4n) is 3.12. The lowest BCUT2D eigenvalue weighted by molar-refractivity contribution is 0.0203. The predicted molar refractivity (Wildman–Crippen MR) is 114 cm³/mol. The molecule has 1 aliphatic heterocycles. The predicted octanol–water partition coefficient (Wildman–Crippen LogP) is 3.15. The van der Waals surface area contributed by atoms with Crippen molar-refractivity contribution in [3.63, 3.8) is 0 Å². The second-order valence-corrected chi connectivity index (χ2v) is 7.19. The Morgan fingerprint density at radius 3 is 2.46 bits per heavy atom. The molecule has 1 fully saturated rings. The van der Waals surface area contributed by atoms with E-state index in [0.717, 1.165) is 77.8 Å². The molecule has 6 heteroatoms. The summed E-state index contributed by atoms with van der Waals surface area (Å²) >= 11 is 0. The summed E-state index contributed by atoms with van der Waals surface area (Å²) in [5.74, 6) is 1.50. The highest BCUT2D eigenvalue weighted by Gasteiger charge is 2.13. The Morgan fingerprint density at radius 1 is 1.11 bits per heavy atom. The Morgan fingerprint density at radius 2 is 1.79 bits per heavy atom. The monoisotopic (exact) mass is 391 g/mol. The number of hydrogen-bond acceptors (Lipinski definition) is 4. The van der Waals surface area contributed by atoms with Crippen LogP contribution in [0, 0.1) is 5.92 Å². The van der Waals surface area contributed by atoms with Crippen molar-refractivity contribution in [2.75, 3.05) is 53.2 Å². The molecule has 158 valence electrons. The van der Waals surface area contributed by atoms with Gasteiger partial charge in [-0.15, -0.1) is 0 Å². The quantitative estimate of drug-likeness (QED) is 0.326. The van der Waals surface area contributed by atoms with Crippen molar-refractivity contribution in [3.8, 4) is 0 Å². The van der Waals surface area contributed by atoms with Crippen LogP contribution >= 0.6 is 0 Å². The molecular formula is C22H37N3O3. The first-order chi connectivity index (χ1) is 13.8. The van der Waals surface area contributed by atoms with Crippen LogP contribution in [0.1, 0.15) is 44.3 Å². The van der Waals surface area contributed by atoms with Crippen LogP contribution in [0.25, 0.3) is 0 Å². The van der Waals surface area contributed by atoms with E-state index < -0.39 is 0 Å². The molecule has 2 N–H and O–H groups in total. The van der Waals surface area contributed by atoms with Gasteiger partial charge in [-0.3, -0.25) is 4.99 Å². The number of rotatable bonds is 12. The van der Waals surface area contributed by atoms with Crippen LogP contribution in [-0.2, 0) is 14.2 Å². The molecule has 28 heavy (non-hydrogen) atoms. The van der Waals surface area contributed by atoms with Gasteiger partial charge >= 0.3 is 0 Å². The van der Waals surface area contributed by atoms with Crippen molar-refractivity contribution >= 4 is 5.96 Å². The van der Waals surface area contributed by atoms with Gasteiger partial charge in [0.2, 0.25) is 0 Å². The zero-order valence-electron chi connectivity index (χ0n) is 17.5. The van der Waals surface area contributed by atoms with Crippen LogP contribution < -0.4 is 10.6 Å². The van der Waals surface area contributed by atoms with Crippen molar-refractivity contribution in [2.24, 2.45) is 10.9 Å². The Balaban J connectivity index is 1.44. The van der Waals surface area contributed by atoms with E-state index in [1.807, 2.05) is 18.2 Å². The first-order valence-corrected chi connectivity index (χ1v) is 10.6. The largest absolute Gasteiger partial charge is 0.381 e. The van der Waals surface area contributed by atoms with Crippen LogP contribution in [0.2, 0.25) is 0 Å². The summed E-state index contributed by atoms with van der Waals surface area (Å²) in [6.07, 6.45) is 4.29. The third-order valence-corrected chi connectivity index (χ3v) is 4.93. The molecule has 1 aromatic rings. The summed E-state index contributed by atoms with van der Waals surface area (Å²) in [5, 5.41) is 6.66. The number of benzene rings is 1. The average molecular weight is 392 g/mol. The number of ether oxygens (including phenoxy) is 3. The van der Waals surface area contributed by atoms with Gasteiger partial charge in [0.15, 0.2) is 5.96 Å². The van der Waals surface area contributed by atoms with E-state index in [2.05, 4.69) is 34.7 Å². The zero-order valence-corrected chi connectivity index (χ0v) is 17.5. The summed E-state index contributed by atoms with van der Waals surface area (Å²) in [5.41, 5.74) is 1.21. The van der Waals surface area contributed by atoms with Crippen molar-refractivity contribution in [3.05, 3.63) is 35.9 Å². The summed E-state index contributed by atoms with van der Waals surface area (Å²) in [6, 6.07) is 10.3. The van der Waals surface area contributed by atoms with Gasteiger partial charge in [-0.1, -0.05) is 30.3 Å². The number of nitrogens with one attached hydrogen (secondary N) is 2. The van der Waals surface area contributed by atoms with Gasteiger partial charge in [0.05, 0.1) is 6.10 Å². The zero-order chi connectivity index (χ0) is 19.9. The van der Waals surface area contributed by atoms with E-state index >= 15 is 0 Å². The Bertz CT molecular complexity index is 533. The minimum atomic E-state index is 0.125. The Kier molecular flexibility index (Phi) is 11.6.